The maximum absolute atomic E-state index is 5.11. The molecule has 0 spiro atoms. The van der Waals surface area contributed by atoms with E-state index in [0.717, 1.165) is 38.8 Å². The summed E-state index contributed by atoms with van der Waals surface area (Å²) in [4.78, 5) is 9.77. The molecule has 8 rings (SSSR count). The number of fused-ring (bicyclic) bond motifs is 4. The van der Waals surface area contributed by atoms with Crippen LogP contribution in [0.3, 0.4) is 0 Å². The van der Waals surface area contributed by atoms with E-state index < -0.39 is 0 Å². The monoisotopic (exact) mass is 534 g/mol. The maximum atomic E-state index is 5.11. The first-order valence-electron chi connectivity index (χ1n) is 14.2. The summed E-state index contributed by atoms with van der Waals surface area (Å²) in [7, 11) is 0. The van der Waals surface area contributed by atoms with Crippen LogP contribution in [-0.2, 0) is 0 Å². The Morgan fingerprint density at radius 1 is 0.381 bits per heavy atom. The highest BCUT2D eigenvalue weighted by molar-refractivity contribution is 6.14. The maximum Gasteiger partial charge on any atom is 0.0722 e. The molecular formula is C40H26N2. The molecule has 0 aliphatic heterocycles. The molecule has 0 radical (unpaired) electrons. The fourth-order valence-corrected chi connectivity index (χ4v) is 5.94. The van der Waals surface area contributed by atoms with Gasteiger partial charge in [-0.1, -0.05) is 121 Å². The third-order valence-electron chi connectivity index (χ3n) is 8.08. The van der Waals surface area contributed by atoms with E-state index in [1.54, 1.807) is 0 Å². The largest absolute Gasteiger partial charge is 0.256 e. The number of aromatic nitrogens is 2. The van der Waals surface area contributed by atoms with Gasteiger partial charge in [0.05, 0.1) is 16.7 Å². The molecule has 0 amide bonds. The molecule has 0 N–H and O–H groups in total. The van der Waals surface area contributed by atoms with E-state index in [2.05, 4.69) is 138 Å². The molecule has 0 saturated heterocycles. The van der Waals surface area contributed by atoms with Crippen LogP contribution in [0.25, 0.3) is 77.2 Å². The fourth-order valence-electron chi connectivity index (χ4n) is 5.94. The molecule has 0 atom stereocenters. The molecule has 0 aliphatic rings. The van der Waals surface area contributed by atoms with Crippen LogP contribution in [-0.4, -0.2) is 9.97 Å². The van der Waals surface area contributed by atoms with Crippen LogP contribution in [0.1, 0.15) is 0 Å². The second-order valence-electron chi connectivity index (χ2n) is 10.7. The minimum Gasteiger partial charge on any atom is -0.256 e. The predicted octanol–water partition coefficient (Wildman–Crippen LogP) is 10.6. The van der Waals surface area contributed by atoms with Crippen molar-refractivity contribution in [1.82, 2.24) is 9.97 Å². The number of rotatable bonds is 4. The molecule has 6 aromatic carbocycles. The summed E-state index contributed by atoms with van der Waals surface area (Å²) in [5.74, 6) is 0. The number of para-hydroxylation sites is 1. The van der Waals surface area contributed by atoms with Crippen molar-refractivity contribution in [2.24, 2.45) is 0 Å². The van der Waals surface area contributed by atoms with Gasteiger partial charge in [0.2, 0.25) is 0 Å². The second kappa shape index (κ2) is 10.1. The minimum absolute atomic E-state index is 0.979. The molecule has 42 heavy (non-hydrogen) atoms. The summed E-state index contributed by atoms with van der Waals surface area (Å²) in [5.41, 5.74) is 11.1. The normalized spacial score (nSPS) is 11.3. The lowest BCUT2D eigenvalue weighted by atomic mass is 9.92. The van der Waals surface area contributed by atoms with Gasteiger partial charge in [-0.25, -0.2) is 4.98 Å². The van der Waals surface area contributed by atoms with Gasteiger partial charge in [-0.3, -0.25) is 4.98 Å². The van der Waals surface area contributed by atoms with Gasteiger partial charge >= 0.3 is 0 Å². The van der Waals surface area contributed by atoms with Crippen molar-refractivity contribution in [1.29, 1.82) is 0 Å². The molecular weight excluding hydrogens is 508 g/mol. The Morgan fingerprint density at radius 2 is 1.07 bits per heavy atom. The van der Waals surface area contributed by atoms with Crippen LogP contribution in [0.5, 0.6) is 0 Å². The summed E-state index contributed by atoms with van der Waals surface area (Å²) in [6.45, 7) is 0. The zero-order chi connectivity index (χ0) is 27.9. The number of nitrogens with zero attached hydrogens (tertiary/aromatic N) is 2. The zero-order valence-corrected chi connectivity index (χ0v) is 22.9. The van der Waals surface area contributed by atoms with E-state index in [9.17, 15) is 0 Å². The molecule has 2 nitrogen and oxygen atoms in total. The second-order valence-corrected chi connectivity index (χ2v) is 10.7. The molecule has 0 bridgehead atoms. The molecule has 0 aliphatic carbocycles. The van der Waals surface area contributed by atoms with Gasteiger partial charge in [-0.15, -0.1) is 0 Å². The lowest BCUT2D eigenvalue weighted by molar-refractivity contribution is 1.40. The molecule has 2 heteroatoms. The Labute approximate surface area is 244 Å². The topological polar surface area (TPSA) is 25.8 Å². The minimum atomic E-state index is 0.979. The van der Waals surface area contributed by atoms with Crippen LogP contribution in [0.4, 0.5) is 0 Å². The number of benzene rings is 6. The molecule has 0 saturated carbocycles. The highest BCUT2D eigenvalue weighted by Gasteiger charge is 2.13. The van der Waals surface area contributed by atoms with Gasteiger partial charge in [-0.05, 0) is 68.9 Å². The lowest BCUT2D eigenvalue weighted by Crippen LogP contribution is -1.91. The Balaban J connectivity index is 1.25. The van der Waals surface area contributed by atoms with E-state index in [-0.39, 0.29) is 0 Å². The van der Waals surface area contributed by atoms with Crippen LogP contribution in [0, 0.1) is 0 Å². The highest BCUT2D eigenvalue weighted by atomic mass is 14.7. The summed E-state index contributed by atoms with van der Waals surface area (Å²) in [6, 6.07) is 53.7. The molecule has 2 aromatic heterocycles. The van der Waals surface area contributed by atoms with Gasteiger partial charge in [-0.2, -0.15) is 0 Å². The lowest BCUT2D eigenvalue weighted by Gasteiger charge is -2.14. The Hall–Kier alpha value is -5.60. The van der Waals surface area contributed by atoms with Crippen molar-refractivity contribution in [3.05, 3.63) is 158 Å². The van der Waals surface area contributed by atoms with E-state index in [0.29, 0.717) is 0 Å². The van der Waals surface area contributed by atoms with Crippen LogP contribution < -0.4 is 0 Å². The van der Waals surface area contributed by atoms with Gasteiger partial charge < -0.3 is 0 Å². The average Bonchev–Trinajstić information content (AvgIpc) is 3.08. The van der Waals surface area contributed by atoms with Crippen molar-refractivity contribution in [3.63, 3.8) is 0 Å². The molecule has 8 aromatic rings. The van der Waals surface area contributed by atoms with Crippen molar-refractivity contribution >= 4 is 32.6 Å². The first-order valence-corrected chi connectivity index (χ1v) is 14.2. The fraction of sp³-hybridized carbons (Fsp3) is 0. The Morgan fingerprint density at radius 3 is 1.93 bits per heavy atom. The van der Waals surface area contributed by atoms with Crippen LogP contribution >= 0.6 is 0 Å². The molecule has 0 fully saturated rings. The van der Waals surface area contributed by atoms with Crippen LogP contribution in [0.2, 0.25) is 0 Å². The predicted molar refractivity (Wildman–Crippen MR) is 176 cm³/mol. The number of hydrogen-bond donors (Lipinski definition) is 0. The highest BCUT2D eigenvalue weighted by Crippen LogP contribution is 2.38. The molecule has 196 valence electrons. The molecule has 2 heterocycles. The van der Waals surface area contributed by atoms with E-state index in [1.807, 2.05) is 24.4 Å². The van der Waals surface area contributed by atoms with E-state index in [1.165, 1.54) is 38.4 Å². The van der Waals surface area contributed by atoms with Gasteiger partial charge in [0, 0.05) is 28.1 Å². The first kappa shape index (κ1) is 24.2. The van der Waals surface area contributed by atoms with Gasteiger partial charge in [0.1, 0.15) is 0 Å². The first-order chi connectivity index (χ1) is 20.8. The smallest absolute Gasteiger partial charge is 0.0722 e. The number of pyridine rings is 2. The summed E-state index contributed by atoms with van der Waals surface area (Å²) in [6.07, 6.45) is 1.96. The quantitative estimate of drug-likeness (QED) is 0.210. The van der Waals surface area contributed by atoms with Crippen LogP contribution in [0.15, 0.2) is 158 Å². The third-order valence-corrected chi connectivity index (χ3v) is 8.08. The van der Waals surface area contributed by atoms with Crippen molar-refractivity contribution in [2.45, 2.75) is 0 Å². The van der Waals surface area contributed by atoms with Gasteiger partial charge in [0.15, 0.2) is 0 Å². The van der Waals surface area contributed by atoms with E-state index in [4.69, 9.17) is 4.98 Å². The zero-order valence-electron chi connectivity index (χ0n) is 22.9. The standard InChI is InChI=1S/C40H26N2/c1-2-10-30(11-3-1)39-25-36(40-35-15-6-4-9-29(35)21-22-38(40)42-39)32-14-8-13-31(23-32)27-17-19-28(20-18-27)34-24-33-12-5-7-16-37(33)41-26-34/h1-26H. The summed E-state index contributed by atoms with van der Waals surface area (Å²) < 4.78 is 0. The molecule has 0 unspecified atom stereocenters. The number of hydrogen-bond acceptors (Lipinski definition) is 2. The summed E-state index contributed by atoms with van der Waals surface area (Å²) >= 11 is 0. The van der Waals surface area contributed by atoms with E-state index >= 15 is 0 Å². The Bertz CT molecular complexity index is 2230. The SMILES string of the molecule is c1ccc(-c2cc(-c3cccc(-c4ccc(-c5cnc6ccccc6c5)cc4)c3)c3c(ccc4ccccc43)n2)cc1. The average molecular weight is 535 g/mol. The van der Waals surface area contributed by atoms with Crippen molar-refractivity contribution in [3.8, 4) is 44.6 Å². The summed E-state index contributed by atoms with van der Waals surface area (Å²) in [5, 5.41) is 4.77. The van der Waals surface area contributed by atoms with Crippen molar-refractivity contribution < 1.29 is 0 Å². The van der Waals surface area contributed by atoms with Gasteiger partial charge in [0.25, 0.3) is 0 Å². The third kappa shape index (κ3) is 4.31. The Kier molecular flexibility index (Phi) is 5.82. The van der Waals surface area contributed by atoms with Crippen molar-refractivity contribution in [2.75, 3.05) is 0 Å².